The number of esters is 1. The van der Waals surface area contributed by atoms with E-state index in [0.717, 1.165) is 33.9 Å². The third-order valence-corrected chi connectivity index (χ3v) is 5.09. The lowest BCUT2D eigenvalue weighted by molar-refractivity contribution is 0.0601. The number of rotatable bonds is 3. The van der Waals surface area contributed by atoms with Gasteiger partial charge in [0.15, 0.2) is 0 Å². The molecule has 0 radical (unpaired) electrons. The lowest BCUT2D eigenvalue weighted by atomic mass is 9.94. The summed E-state index contributed by atoms with van der Waals surface area (Å²) < 4.78 is 4.79. The number of methoxy groups -OCH3 is 1. The Morgan fingerprint density at radius 2 is 1.89 bits per heavy atom. The Hall–Kier alpha value is -3.28. The summed E-state index contributed by atoms with van der Waals surface area (Å²) in [6.07, 6.45) is 0.00620. The van der Waals surface area contributed by atoms with Gasteiger partial charge in [-0.05, 0) is 37.3 Å². The molecule has 0 saturated carbocycles. The van der Waals surface area contributed by atoms with E-state index >= 15 is 0 Å². The number of benzene rings is 2. The standard InChI is InChI=1S/C21H22N4O2/c1-13-18-19(24(2)15-11-9-14(10-12-15)21(26)27-4)16-7-5-6-8-17(16)22-20(18)25(3)23-13/h5-12,20,22H,1-4H3. The predicted molar refractivity (Wildman–Crippen MR) is 108 cm³/mol. The van der Waals surface area contributed by atoms with E-state index in [4.69, 9.17) is 4.74 Å². The minimum absolute atomic E-state index is 0.00620. The Labute approximate surface area is 158 Å². The Bertz CT molecular complexity index is 962. The molecule has 0 amide bonds. The zero-order valence-electron chi connectivity index (χ0n) is 15.9. The number of carbonyl (C=O) groups excluding carboxylic acids is 1. The fraction of sp³-hybridized carbons (Fsp3) is 0.238. The van der Waals surface area contributed by atoms with Crippen LogP contribution in [0.3, 0.4) is 0 Å². The van der Waals surface area contributed by atoms with E-state index in [9.17, 15) is 4.79 Å². The van der Waals surface area contributed by atoms with Crippen molar-refractivity contribution in [1.82, 2.24) is 5.01 Å². The molecule has 2 aliphatic heterocycles. The van der Waals surface area contributed by atoms with Crippen LogP contribution in [0.5, 0.6) is 0 Å². The van der Waals surface area contributed by atoms with Crippen molar-refractivity contribution in [3.8, 4) is 0 Å². The second kappa shape index (κ2) is 6.46. The van der Waals surface area contributed by atoms with Gasteiger partial charge in [-0.1, -0.05) is 18.2 Å². The fourth-order valence-corrected chi connectivity index (χ4v) is 3.74. The molecular weight excluding hydrogens is 340 g/mol. The van der Waals surface area contributed by atoms with Crippen LogP contribution in [-0.4, -0.2) is 44.1 Å². The molecule has 138 valence electrons. The minimum Gasteiger partial charge on any atom is -0.465 e. The molecule has 0 aromatic heterocycles. The molecule has 0 spiro atoms. The number of hydrazone groups is 1. The third-order valence-electron chi connectivity index (χ3n) is 5.09. The fourth-order valence-electron chi connectivity index (χ4n) is 3.74. The smallest absolute Gasteiger partial charge is 0.337 e. The lowest BCUT2D eigenvalue weighted by Gasteiger charge is -2.35. The molecule has 1 N–H and O–H groups in total. The first-order chi connectivity index (χ1) is 13.0. The molecule has 1 atom stereocenters. The first kappa shape index (κ1) is 17.1. The van der Waals surface area contributed by atoms with Crippen LogP contribution in [0.4, 0.5) is 11.4 Å². The van der Waals surface area contributed by atoms with E-state index in [1.54, 1.807) is 12.1 Å². The Kier molecular flexibility index (Phi) is 4.11. The van der Waals surface area contributed by atoms with Crippen molar-refractivity contribution in [2.75, 3.05) is 31.4 Å². The summed E-state index contributed by atoms with van der Waals surface area (Å²) >= 11 is 0. The van der Waals surface area contributed by atoms with Gasteiger partial charge in [0.1, 0.15) is 6.17 Å². The SMILES string of the molecule is COC(=O)c1ccc(N(C)C2=C3C(C)=NN(C)C3Nc3ccccc32)cc1. The highest BCUT2D eigenvalue weighted by Gasteiger charge is 2.36. The van der Waals surface area contributed by atoms with Gasteiger partial charge in [-0.25, -0.2) is 4.79 Å². The van der Waals surface area contributed by atoms with Crippen molar-refractivity contribution in [1.29, 1.82) is 0 Å². The first-order valence-electron chi connectivity index (χ1n) is 8.82. The molecule has 6 nitrogen and oxygen atoms in total. The van der Waals surface area contributed by atoms with E-state index in [1.165, 1.54) is 7.11 Å². The van der Waals surface area contributed by atoms with Crippen LogP contribution < -0.4 is 10.2 Å². The van der Waals surface area contributed by atoms with Gasteiger partial charge in [-0.3, -0.25) is 5.01 Å². The highest BCUT2D eigenvalue weighted by Crippen LogP contribution is 2.40. The van der Waals surface area contributed by atoms with Crippen LogP contribution in [0.25, 0.3) is 5.70 Å². The molecule has 27 heavy (non-hydrogen) atoms. The monoisotopic (exact) mass is 362 g/mol. The minimum atomic E-state index is -0.334. The van der Waals surface area contributed by atoms with E-state index in [1.807, 2.05) is 50.3 Å². The zero-order chi connectivity index (χ0) is 19.1. The molecular formula is C21H22N4O2. The van der Waals surface area contributed by atoms with Gasteiger partial charge in [-0.15, -0.1) is 0 Å². The average molecular weight is 362 g/mol. The van der Waals surface area contributed by atoms with E-state index in [-0.39, 0.29) is 12.1 Å². The quantitative estimate of drug-likeness (QED) is 0.848. The first-order valence-corrected chi connectivity index (χ1v) is 8.82. The number of hydrogen-bond acceptors (Lipinski definition) is 6. The van der Waals surface area contributed by atoms with Crippen molar-refractivity contribution in [2.45, 2.75) is 13.1 Å². The second-order valence-corrected chi connectivity index (χ2v) is 6.71. The maximum absolute atomic E-state index is 11.7. The van der Waals surface area contributed by atoms with Gasteiger partial charge < -0.3 is 15.0 Å². The van der Waals surface area contributed by atoms with Crippen molar-refractivity contribution >= 4 is 28.8 Å². The van der Waals surface area contributed by atoms with Gasteiger partial charge in [0.25, 0.3) is 0 Å². The topological polar surface area (TPSA) is 57.2 Å². The normalized spacial score (nSPS) is 17.7. The van der Waals surface area contributed by atoms with Crippen molar-refractivity contribution < 1.29 is 9.53 Å². The van der Waals surface area contributed by atoms with Crippen molar-refractivity contribution in [3.05, 3.63) is 65.2 Å². The predicted octanol–water partition coefficient (Wildman–Crippen LogP) is 3.39. The van der Waals surface area contributed by atoms with Crippen molar-refractivity contribution in [2.24, 2.45) is 5.10 Å². The van der Waals surface area contributed by atoms with E-state index in [0.29, 0.717) is 5.56 Å². The second-order valence-electron chi connectivity index (χ2n) is 6.71. The number of para-hydroxylation sites is 1. The number of ether oxygens (including phenoxy) is 1. The highest BCUT2D eigenvalue weighted by molar-refractivity contribution is 6.11. The molecule has 6 heteroatoms. The number of carbonyl (C=O) groups is 1. The van der Waals surface area contributed by atoms with E-state index in [2.05, 4.69) is 27.5 Å². The molecule has 0 fully saturated rings. The maximum Gasteiger partial charge on any atom is 0.337 e. The largest absolute Gasteiger partial charge is 0.465 e. The third kappa shape index (κ3) is 2.73. The van der Waals surface area contributed by atoms with Crippen LogP contribution in [0.15, 0.2) is 59.2 Å². The van der Waals surface area contributed by atoms with Crippen LogP contribution >= 0.6 is 0 Å². The molecule has 0 bridgehead atoms. The summed E-state index contributed by atoms with van der Waals surface area (Å²) in [5, 5.41) is 10.2. The molecule has 0 saturated heterocycles. The Morgan fingerprint density at radius 3 is 2.59 bits per heavy atom. The summed E-state index contributed by atoms with van der Waals surface area (Å²) in [5.74, 6) is -0.334. The number of nitrogens with one attached hydrogen (secondary N) is 1. The summed E-state index contributed by atoms with van der Waals surface area (Å²) in [7, 11) is 5.41. The lowest BCUT2D eigenvalue weighted by Crippen LogP contribution is -2.38. The molecule has 2 aromatic rings. The van der Waals surface area contributed by atoms with Gasteiger partial charge in [0.05, 0.1) is 24.1 Å². The van der Waals surface area contributed by atoms with E-state index < -0.39 is 0 Å². The van der Waals surface area contributed by atoms with Crippen LogP contribution in [-0.2, 0) is 4.74 Å². The summed E-state index contributed by atoms with van der Waals surface area (Å²) in [6.45, 7) is 2.04. The van der Waals surface area contributed by atoms with Gasteiger partial charge in [-0.2, -0.15) is 5.10 Å². The molecule has 2 heterocycles. The number of nitrogens with zero attached hydrogens (tertiary/aromatic N) is 3. The van der Waals surface area contributed by atoms with Crippen LogP contribution in [0.1, 0.15) is 22.8 Å². The summed E-state index contributed by atoms with van der Waals surface area (Å²) in [6, 6.07) is 15.7. The van der Waals surface area contributed by atoms with Gasteiger partial charge in [0.2, 0.25) is 0 Å². The number of anilines is 2. The van der Waals surface area contributed by atoms with Gasteiger partial charge >= 0.3 is 5.97 Å². The van der Waals surface area contributed by atoms with Crippen LogP contribution in [0, 0.1) is 0 Å². The number of likely N-dealkylation sites (N-methyl/N-ethyl adjacent to an activating group) is 1. The Morgan fingerprint density at radius 1 is 1.19 bits per heavy atom. The molecule has 4 rings (SSSR count). The highest BCUT2D eigenvalue weighted by atomic mass is 16.5. The molecule has 1 unspecified atom stereocenters. The molecule has 0 aliphatic carbocycles. The summed E-state index contributed by atoms with van der Waals surface area (Å²) in [5.41, 5.74) is 7.01. The molecule has 2 aliphatic rings. The van der Waals surface area contributed by atoms with Crippen molar-refractivity contribution in [3.63, 3.8) is 0 Å². The Balaban J connectivity index is 1.82. The van der Waals surface area contributed by atoms with Crippen LogP contribution in [0.2, 0.25) is 0 Å². The number of fused-ring (bicyclic) bond motifs is 2. The maximum atomic E-state index is 11.7. The number of hydrogen-bond donors (Lipinski definition) is 1. The molecule has 2 aromatic carbocycles. The zero-order valence-corrected chi connectivity index (χ0v) is 15.9. The van der Waals surface area contributed by atoms with Gasteiger partial charge in [0, 0.05) is 36.6 Å². The average Bonchev–Trinajstić information content (AvgIpc) is 2.98. The summed E-state index contributed by atoms with van der Waals surface area (Å²) in [4.78, 5) is 13.9.